The molecule has 0 aromatic carbocycles. The van der Waals surface area contributed by atoms with Gasteiger partial charge in [-0.3, -0.25) is 4.79 Å². The minimum atomic E-state index is -0.102. The Kier molecular flexibility index (Phi) is 6.35. The lowest BCUT2D eigenvalue weighted by Gasteiger charge is -2.18. The summed E-state index contributed by atoms with van der Waals surface area (Å²) in [4.78, 5) is 22.5. The van der Waals surface area contributed by atoms with Gasteiger partial charge in [-0.2, -0.15) is 4.89 Å². The maximum atomic E-state index is 11.9. The number of carbonyl (C=O) groups is 1. The van der Waals surface area contributed by atoms with Crippen LogP contribution in [0.1, 0.15) is 64.2 Å². The summed E-state index contributed by atoms with van der Waals surface area (Å²) >= 11 is 0. The van der Waals surface area contributed by atoms with Crippen molar-refractivity contribution < 1.29 is 28.8 Å². The van der Waals surface area contributed by atoms with Crippen LogP contribution < -0.4 is 0 Å². The molecule has 2 aliphatic heterocycles. The zero-order valence-corrected chi connectivity index (χ0v) is 16.1. The summed E-state index contributed by atoms with van der Waals surface area (Å²) in [5, 5.41) is 0. The number of hydrogen-bond acceptors (Lipinski definition) is 6. The van der Waals surface area contributed by atoms with Gasteiger partial charge in [0.15, 0.2) is 0 Å². The van der Waals surface area contributed by atoms with Crippen LogP contribution in [0.25, 0.3) is 0 Å². The molecule has 2 saturated heterocycles. The zero-order valence-electron chi connectivity index (χ0n) is 16.1. The summed E-state index contributed by atoms with van der Waals surface area (Å²) in [6.07, 6.45) is 11.4. The molecule has 0 spiro atoms. The maximum Gasteiger partial charge on any atom is 0.305 e. The molecule has 0 radical (unpaired) electrons. The second-order valence-corrected chi connectivity index (χ2v) is 8.58. The maximum absolute atomic E-state index is 11.9. The Bertz CT molecular complexity index is 535. The highest BCUT2D eigenvalue weighted by Crippen LogP contribution is 2.40. The van der Waals surface area contributed by atoms with Gasteiger partial charge in [0, 0.05) is 12.8 Å². The van der Waals surface area contributed by atoms with Crippen LogP contribution >= 0.6 is 0 Å². The SMILES string of the molecule is C=C(CCCCC(=O)OCC1CCC2OC2C1)OOCC1CCC2OC2C1. The van der Waals surface area contributed by atoms with Gasteiger partial charge in [0.1, 0.15) is 5.76 Å². The summed E-state index contributed by atoms with van der Waals surface area (Å²) in [6.45, 7) is 5.03. The predicted molar refractivity (Wildman–Crippen MR) is 97.6 cm³/mol. The normalized spacial score (nSPS) is 36.3. The third kappa shape index (κ3) is 5.93. The van der Waals surface area contributed by atoms with E-state index >= 15 is 0 Å². The van der Waals surface area contributed by atoms with Gasteiger partial charge in [0.2, 0.25) is 0 Å². The van der Waals surface area contributed by atoms with Gasteiger partial charge in [-0.25, -0.2) is 0 Å². The molecule has 6 atom stereocenters. The number of ether oxygens (including phenoxy) is 3. The van der Waals surface area contributed by atoms with Crippen LogP contribution in [0.5, 0.6) is 0 Å². The second kappa shape index (κ2) is 8.93. The van der Waals surface area contributed by atoms with Gasteiger partial charge in [-0.15, -0.1) is 0 Å². The summed E-state index contributed by atoms with van der Waals surface area (Å²) in [5.41, 5.74) is 0. The Morgan fingerprint density at radius 3 is 2.15 bits per heavy atom. The fourth-order valence-corrected chi connectivity index (χ4v) is 4.41. The van der Waals surface area contributed by atoms with E-state index in [2.05, 4.69) is 6.58 Å². The van der Waals surface area contributed by atoms with Gasteiger partial charge < -0.3 is 19.1 Å². The molecule has 2 saturated carbocycles. The first-order valence-corrected chi connectivity index (χ1v) is 10.6. The number of esters is 1. The van der Waals surface area contributed by atoms with E-state index in [0.29, 0.717) is 68.1 Å². The van der Waals surface area contributed by atoms with Gasteiger partial charge in [-0.05, 0) is 63.2 Å². The molecule has 0 aromatic heterocycles. The molecule has 6 unspecified atom stereocenters. The zero-order chi connectivity index (χ0) is 18.6. The topological polar surface area (TPSA) is 69.8 Å². The number of allylic oxidation sites excluding steroid dienone is 1. The monoisotopic (exact) mass is 380 g/mol. The average molecular weight is 380 g/mol. The van der Waals surface area contributed by atoms with E-state index in [1.807, 2.05) is 0 Å². The first-order chi connectivity index (χ1) is 13.2. The minimum Gasteiger partial charge on any atom is -0.465 e. The molecule has 0 bridgehead atoms. The van der Waals surface area contributed by atoms with Crippen molar-refractivity contribution in [2.75, 3.05) is 13.2 Å². The minimum absolute atomic E-state index is 0.102. The molecule has 0 amide bonds. The highest BCUT2D eigenvalue weighted by molar-refractivity contribution is 5.69. The van der Waals surface area contributed by atoms with E-state index in [9.17, 15) is 4.79 Å². The number of unbranched alkanes of at least 4 members (excludes halogenated alkanes) is 1. The summed E-state index contributed by atoms with van der Waals surface area (Å²) in [7, 11) is 0. The lowest BCUT2D eigenvalue weighted by atomic mass is 9.90. The van der Waals surface area contributed by atoms with E-state index in [4.69, 9.17) is 24.0 Å². The van der Waals surface area contributed by atoms with Crippen LogP contribution in [0, 0.1) is 11.8 Å². The molecule has 27 heavy (non-hydrogen) atoms. The Morgan fingerprint density at radius 1 is 0.852 bits per heavy atom. The molecular formula is C21H32O6. The van der Waals surface area contributed by atoms with Crippen molar-refractivity contribution in [3.63, 3.8) is 0 Å². The number of fused-ring (bicyclic) bond motifs is 2. The molecule has 2 heterocycles. The van der Waals surface area contributed by atoms with E-state index in [0.717, 1.165) is 51.4 Å². The van der Waals surface area contributed by atoms with Gasteiger partial charge >= 0.3 is 5.97 Å². The molecule has 2 aliphatic carbocycles. The average Bonchev–Trinajstić information content (AvgIpc) is 3.57. The van der Waals surface area contributed by atoms with Crippen LogP contribution in [0.15, 0.2) is 12.3 Å². The van der Waals surface area contributed by atoms with E-state index in [1.54, 1.807) is 0 Å². The standard InChI is InChI=1S/C21H32O6/c1-14(27-24-13-16-7-9-18-20(11-16)26-18)4-2-3-5-21(22)23-12-15-6-8-17-19(10-15)25-17/h15-20H,1-13H2. The first kappa shape index (κ1) is 19.2. The Hall–Kier alpha value is -1.11. The van der Waals surface area contributed by atoms with Gasteiger partial charge in [0.05, 0.1) is 37.6 Å². The van der Waals surface area contributed by atoms with Crippen LogP contribution in [0.2, 0.25) is 0 Å². The molecular weight excluding hydrogens is 348 g/mol. The highest BCUT2D eigenvalue weighted by Gasteiger charge is 2.44. The molecule has 4 rings (SSSR count). The van der Waals surface area contributed by atoms with Crippen molar-refractivity contribution in [2.24, 2.45) is 11.8 Å². The highest BCUT2D eigenvalue weighted by atomic mass is 17.2. The molecule has 6 heteroatoms. The van der Waals surface area contributed by atoms with Crippen molar-refractivity contribution in [3.8, 4) is 0 Å². The molecule has 0 aromatic rings. The Labute approximate surface area is 161 Å². The second-order valence-electron chi connectivity index (χ2n) is 8.58. The van der Waals surface area contributed by atoms with E-state index < -0.39 is 0 Å². The number of hydrogen-bond donors (Lipinski definition) is 0. The smallest absolute Gasteiger partial charge is 0.305 e. The van der Waals surface area contributed by atoms with Crippen molar-refractivity contribution in [1.82, 2.24) is 0 Å². The van der Waals surface area contributed by atoms with Gasteiger partial charge in [0.25, 0.3) is 0 Å². The van der Waals surface area contributed by atoms with Crippen LogP contribution in [0.3, 0.4) is 0 Å². The fraction of sp³-hybridized carbons (Fsp3) is 0.857. The first-order valence-electron chi connectivity index (χ1n) is 10.6. The molecule has 6 nitrogen and oxygen atoms in total. The third-order valence-electron chi connectivity index (χ3n) is 6.27. The van der Waals surface area contributed by atoms with Crippen molar-refractivity contribution in [3.05, 3.63) is 12.3 Å². The lowest BCUT2D eigenvalue weighted by molar-refractivity contribution is -0.272. The molecule has 4 fully saturated rings. The van der Waals surface area contributed by atoms with Crippen molar-refractivity contribution >= 4 is 5.97 Å². The Morgan fingerprint density at radius 2 is 1.48 bits per heavy atom. The summed E-state index contributed by atoms with van der Waals surface area (Å²) in [6, 6.07) is 0. The predicted octanol–water partition coefficient (Wildman–Crippen LogP) is 3.69. The van der Waals surface area contributed by atoms with E-state index in [-0.39, 0.29) is 5.97 Å². The summed E-state index contributed by atoms with van der Waals surface area (Å²) < 4.78 is 16.4. The largest absolute Gasteiger partial charge is 0.465 e. The quantitative estimate of drug-likeness (QED) is 0.136. The lowest BCUT2D eigenvalue weighted by Crippen LogP contribution is -2.20. The van der Waals surface area contributed by atoms with Crippen LogP contribution in [-0.4, -0.2) is 43.6 Å². The van der Waals surface area contributed by atoms with Crippen LogP contribution in [0.4, 0.5) is 0 Å². The Balaban J connectivity index is 0.970. The molecule has 152 valence electrons. The fourth-order valence-electron chi connectivity index (χ4n) is 4.41. The number of epoxide rings is 2. The number of carbonyl (C=O) groups excluding carboxylic acids is 1. The molecule has 4 aliphatic rings. The van der Waals surface area contributed by atoms with E-state index in [1.165, 1.54) is 0 Å². The summed E-state index contributed by atoms with van der Waals surface area (Å²) in [5.74, 6) is 1.53. The number of rotatable bonds is 11. The van der Waals surface area contributed by atoms with Crippen molar-refractivity contribution in [1.29, 1.82) is 0 Å². The van der Waals surface area contributed by atoms with Crippen LogP contribution in [-0.2, 0) is 28.8 Å². The van der Waals surface area contributed by atoms with Crippen molar-refractivity contribution in [2.45, 2.75) is 88.6 Å². The van der Waals surface area contributed by atoms with Gasteiger partial charge in [-0.1, -0.05) is 6.58 Å². The molecule has 0 N–H and O–H groups in total. The third-order valence-corrected chi connectivity index (χ3v) is 6.27.